The van der Waals surface area contributed by atoms with Gasteiger partial charge in [-0.25, -0.2) is 13.4 Å². The summed E-state index contributed by atoms with van der Waals surface area (Å²) < 4.78 is 30.2. The lowest BCUT2D eigenvalue weighted by atomic mass is 10.1. The van der Waals surface area contributed by atoms with E-state index in [-0.39, 0.29) is 4.90 Å². The molecule has 0 unspecified atom stereocenters. The molecule has 0 bridgehead atoms. The topological polar surface area (TPSA) is 63.5 Å². The fourth-order valence-corrected chi connectivity index (χ4v) is 4.26. The molecule has 0 saturated carbocycles. The highest BCUT2D eigenvalue weighted by molar-refractivity contribution is 7.92. The Labute approximate surface area is 164 Å². The summed E-state index contributed by atoms with van der Waals surface area (Å²) in [5, 5.41) is 0. The second kappa shape index (κ2) is 6.80. The predicted molar refractivity (Wildman–Crippen MR) is 112 cm³/mol. The van der Waals surface area contributed by atoms with Crippen molar-refractivity contribution in [1.29, 1.82) is 0 Å². The largest absolute Gasteiger partial charge is 0.304 e. The molecule has 0 aliphatic heterocycles. The van der Waals surface area contributed by atoms with E-state index in [0.717, 1.165) is 33.7 Å². The molecule has 2 heterocycles. The minimum absolute atomic E-state index is 0.254. The van der Waals surface area contributed by atoms with Gasteiger partial charge in [0.2, 0.25) is 0 Å². The van der Waals surface area contributed by atoms with Crippen LogP contribution in [0.5, 0.6) is 0 Å². The normalized spacial score (nSPS) is 11.7. The third-order valence-corrected chi connectivity index (χ3v) is 6.27. The van der Waals surface area contributed by atoms with Gasteiger partial charge >= 0.3 is 0 Å². The summed E-state index contributed by atoms with van der Waals surface area (Å²) >= 11 is 0. The van der Waals surface area contributed by atoms with E-state index in [0.29, 0.717) is 5.69 Å². The molecule has 0 atom stereocenters. The Hall–Kier alpha value is -3.12. The first-order valence-corrected chi connectivity index (χ1v) is 10.5. The molecule has 2 aromatic heterocycles. The number of benzene rings is 2. The van der Waals surface area contributed by atoms with Crippen LogP contribution in [0.3, 0.4) is 0 Å². The molecule has 1 N–H and O–H groups in total. The van der Waals surface area contributed by atoms with Gasteiger partial charge in [0.05, 0.1) is 10.6 Å². The Balaban J connectivity index is 1.68. The highest BCUT2D eigenvalue weighted by atomic mass is 32.2. The number of hydrogen-bond acceptors (Lipinski definition) is 3. The van der Waals surface area contributed by atoms with Gasteiger partial charge in [-0.05, 0) is 68.3 Å². The quantitative estimate of drug-likeness (QED) is 0.547. The fourth-order valence-electron chi connectivity index (χ4n) is 3.12. The summed E-state index contributed by atoms with van der Waals surface area (Å²) in [4.78, 5) is 4.90. The number of imidazole rings is 1. The summed E-state index contributed by atoms with van der Waals surface area (Å²) in [6.45, 7) is 5.88. The smallest absolute Gasteiger partial charge is 0.261 e. The van der Waals surface area contributed by atoms with E-state index in [1.807, 2.05) is 67.8 Å². The second-order valence-electron chi connectivity index (χ2n) is 6.95. The first-order valence-electron chi connectivity index (χ1n) is 8.99. The van der Waals surface area contributed by atoms with Gasteiger partial charge in [0.1, 0.15) is 5.65 Å². The molecule has 6 heteroatoms. The molecule has 0 aliphatic rings. The van der Waals surface area contributed by atoms with E-state index >= 15 is 0 Å². The van der Waals surface area contributed by atoms with E-state index in [1.54, 1.807) is 24.3 Å². The van der Waals surface area contributed by atoms with Crippen LogP contribution in [0.4, 0.5) is 5.69 Å². The Bertz CT molecular complexity index is 1290. The van der Waals surface area contributed by atoms with Gasteiger partial charge in [0.15, 0.2) is 0 Å². The van der Waals surface area contributed by atoms with Gasteiger partial charge in [0.25, 0.3) is 10.0 Å². The average molecular weight is 391 g/mol. The molecule has 0 saturated heterocycles. The highest BCUT2D eigenvalue weighted by Crippen LogP contribution is 2.25. The van der Waals surface area contributed by atoms with Crippen molar-refractivity contribution in [2.24, 2.45) is 0 Å². The SMILES string of the molecule is Cc1ccc(S(=O)(=O)Nc2cccc(-c3cn4c(C)cccc4n3)c2)cc1C. The highest BCUT2D eigenvalue weighted by Gasteiger charge is 2.15. The van der Waals surface area contributed by atoms with Gasteiger partial charge in [-0.15, -0.1) is 0 Å². The lowest BCUT2D eigenvalue weighted by Crippen LogP contribution is -2.13. The lowest BCUT2D eigenvalue weighted by molar-refractivity contribution is 0.601. The molecule has 0 spiro atoms. The van der Waals surface area contributed by atoms with Gasteiger partial charge in [-0.2, -0.15) is 0 Å². The molecule has 0 aliphatic carbocycles. The molecule has 4 aromatic rings. The zero-order chi connectivity index (χ0) is 19.9. The van der Waals surface area contributed by atoms with Gasteiger partial charge in [0, 0.05) is 23.1 Å². The molecular weight excluding hydrogens is 370 g/mol. The summed E-state index contributed by atoms with van der Waals surface area (Å²) in [6, 6.07) is 18.4. The van der Waals surface area contributed by atoms with E-state index in [2.05, 4.69) is 9.71 Å². The number of rotatable bonds is 4. The molecule has 0 fully saturated rings. The van der Waals surface area contributed by atoms with Gasteiger partial charge in [-0.1, -0.05) is 24.3 Å². The molecule has 5 nitrogen and oxygen atoms in total. The van der Waals surface area contributed by atoms with Crippen LogP contribution in [0.15, 0.2) is 71.8 Å². The summed E-state index contributed by atoms with van der Waals surface area (Å²) in [7, 11) is -3.66. The van der Waals surface area contributed by atoms with Crippen molar-refractivity contribution in [2.45, 2.75) is 25.7 Å². The molecule has 2 aromatic carbocycles. The van der Waals surface area contributed by atoms with Crippen LogP contribution in [0.1, 0.15) is 16.8 Å². The number of anilines is 1. The fraction of sp³-hybridized carbons (Fsp3) is 0.136. The van der Waals surface area contributed by atoms with Crippen LogP contribution in [0.25, 0.3) is 16.9 Å². The van der Waals surface area contributed by atoms with E-state index in [9.17, 15) is 8.42 Å². The average Bonchev–Trinajstić information content (AvgIpc) is 3.09. The number of nitrogens with zero attached hydrogens (tertiary/aromatic N) is 2. The summed E-state index contributed by atoms with van der Waals surface area (Å²) in [6.07, 6.45) is 1.96. The van der Waals surface area contributed by atoms with E-state index < -0.39 is 10.0 Å². The number of pyridine rings is 1. The molecule has 28 heavy (non-hydrogen) atoms. The Morgan fingerprint density at radius 3 is 2.43 bits per heavy atom. The number of aryl methyl sites for hydroxylation is 3. The van der Waals surface area contributed by atoms with E-state index in [4.69, 9.17) is 0 Å². The Morgan fingerprint density at radius 2 is 1.68 bits per heavy atom. The minimum Gasteiger partial charge on any atom is -0.304 e. The summed E-state index contributed by atoms with van der Waals surface area (Å²) in [5.41, 5.74) is 6.09. The third-order valence-electron chi connectivity index (χ3n) is 4.90. The van der Waals surface area contributed by atoms with Crippen LogP contribution in [-0.2, 0) is 10.0 Å². The van der Waals surface area contributed by atoms with Crippen molar-refractivity contribution in [3.63, 3.8) is 0 Å². The van der Waals surface area contributed by atoms with Crippen molar-refractivity contribution in [3.05, 3.63) is 83.7 Å². The number of sulfonamides is 1. The lowest BCUT2D eigenvalue weighted by Gasteiger charge is -2.10. The van der Waals surface area contributed by atoms with Crippen LogP contribution in [-0.4, -0.2) is 17.8 Å². The number of hydrogen-bond donors (Lipinski definition) is 1. The molecule has 4 rings (SSSR count). The second-order valence-corrected chi connectivity index (χ2v) is 8.64. The zero-order valence-corrected chi connectivity index (χ0v) is 16.8. The minimum atomic E-state index is -3.66. The Kier molecular flexibility index (Phi) is 4.43. The van der Waals surface area contributed by atoms with Crippen molar-refractivity contribution in [3.8, 4) is 11.3 Å². The van der Waals surface area contributed by atoms with Gasteiger partial charge < -0.3 is 4.40 Å². The molecule has 0 amide bonds. The maximum atomic E-state index is 12.8. The van der Waals surface area contributed by atoms with Crippen LogP contribution in [0, 0.1) is 20.8 Å². The van der Waals surface area contributed by atoms with Crippen LogP contribution in [0.2, 0.25) is 0 Å². The third kappa shape index (κ3) is 3.39. The number of nitrogens with one attached hydrogen (secondary N) is 1. The van der Waals surface area contributed by atoms with Gasteiger partial charge in [-0.3, -0.25) is 4.72 Å². The molecular formula is C22H21N3O2S. The zero-order valence-electron chi connectivity index (χ0n) is 16.0. The number of fused-ring (bicyclic) bond motifs is 1. The maximum Gasteiger partial charge on any atom is 0.261 e. The first-order chi connectivity index (χ1) is 13.3. The first kappa shape index (κ1) is 18.3. The summed E-state index contributed by atoms with van der Waals surface area (Å²) in [5.74, 6) is 0. The van der Waals surface area contributed by atoms with Crippen molar-refractivity contribution in [1.82, 2.24) is 9.38 Å². The van der Waals surface area contributed by atoms with Crippen LogP contribution < -0.4 is 4.72 Å². The van der Waals surface area contributed by atoms with E-state index in [1.165, 1.54) is 0 Å². The van der Waals surface area contributed by atoms with Crippen molar-refractivity contribution < 1.29 is 8.42 Å². The molecule has 0 radical (unpaired) electrons. The Morgan fingerprint density at radius 1 is 0.893 bits per heavy atom. The maximum absolute atomic E-state index is 12.8. The predicted octanol–water partition coefficient (Wildman–Crippen LogP) is 4.73. The molecule has 142 valence electrons. The van der Waals surface area contributed by atoms with Crippen molar-refractivity contribution >= 4 is 21.4 Å². The standard InChI is InChI=1S/C22H21N3O2S/c1-15-10-11-20(12-16(15)2)28(26,27)24-19-8-5-7-18(13-19)21-14-25-17(3)6-4-9-22(25)23-21/h4-14,24H,1-3H3. The van der Waals surface area contributed by atoms with Crippen LogP contribution >= 0.6 is 0 Å². The monoisotopic (exact) mass is 391 g/mol. The number of aromatic nitrogens is 2. The van der Waals surface area contributed by atoms with Crippen molar-refractivity contribution in [2.75, 3.05) is 4.72 Å².